The lowest BCUT2D eigenvalue weighted by atomic mass is 10.9. The van der Waals surface area contributed by atoms with E-state index in [0.29, 0.717) is 6.79 Å². The Hall–Kier alpha value is -0.200. The number of ether oxygens (including phenoxy) is 4. The maximum absolute atomic E-state index is 7.65. The van der Waals surface area contributed by atoms with Crippen molar-refractivity contribution in [2.24, 2.45) is 0 Å². The molecule has 0 aliphatic heterocycles. The van der Waals surface area contributed by atoms with Crippen LogP contribution in [0.15, 0.2) is 0 Å². The summed E-state index contributed by atoms with van der Waals surface area (Å²) in [5.41, 5.74) is 0. The maximum Gasteiger partial charge on any atom is 0.145 e. The van der Waals surface area contributed by atoms with Crippen molar-refractivity contribution in [2.75, 3.05) is 48.6 Å². The van der Waals surface area contributed by atoms with Crippen LogP contribution in [0.5, 0.6) is 0 Å². The van der Waals surface area contributed by atoms with Crippen LogP contribution in [-0.2, 0) is 18.9 Å². The zero-order valence-corrected chi connectivity index (χ0v) is 9.20. The molecule has 0 saturated carbocycles. The Kier molecular flexibility index (Phi) is 42.5. The molecule has 0 aromatic carbocycles. The smallest absolute Gasteiger partial charge is 0.145 e. The van der Waals surface area contributed by atoms with Gasteiger partial charge in [0, 0.05) is 35.0 Å². The van der Waals surface area contributed by atoms with E-state index in [1.54, 1.807) is 21.3 Å². The molecular formula is C8H22O5. The van der Waals surface area contributed by atoms with Gasteiger partial charge in [-0.15, -0.1) is 0 Å². The fourth-order valence-electron chi connectivity index (χ4n) is 0.118. The average Bonchev–Trinajstić information content (AvgIpc) is 2.20. The highest BCUT2D eigenvalue weighted by molar-refractivity contribution is 3.94. The fraction of sp³-hybridized carbons (Fsp3) is 1.00. The van der Waals surface area contributed by atoms with Gasteiger partial charge in [-0.1, -0.05) is 0 Å². The van der Waals surface area contributed by atoms with Gasteiger partial charge in [-0.25, -0.2) is 0 Å². The minimum Gasteiger partial charge on any atom is -0.385 e. The van der Waals surface area contributed by atoms with E-state index >= 15 is 0 Å². The molecule has 5 nitrogen and oxygen atoms in total. The number of aliphatic hydroxyl groups excluding tert-OH is 1. The highest BCUT2D eigenvalue weighted by Gasteiger charge is 1.63. The summed E-state index contributed by atoms with van der Waals surface area (Å²) < 4.78 is 17.6. The van der Waals surface area contributed by atoms with E-state index < -0.39 is 0 Å². The molecule has 0 spiro atoms. The molecule has 0 aliphatic rings. The second-order valence-corrected chi connectivity index (χ2v) is 1.69. The van der Waals surface area contributed by atoms with Crippen molar-refractivity contribution < 1.29 is 24.1 Å². The quantitative estimate of drug-likeness (QED) is 0.665. The summed E-state index contributed by atoms with van der Waals surface area (Å²) in [4.78, 5) is 0. The predicted octanol–water partition coefficient (Wildman–Crippen LogP) is 0.472. The third-order valence-electron chi connectivity index (χ3n) is 0.653. The van der Waals surface area contributed by atoms with Gasteiger partial charge in [0.05, 0.1) is 0 Å². The second-order valence-electron chi connectivity index (χ2n) is 1.69. The van der Waals surface area contributed by atoms with E-state index in [4.69, 9.17) is 5.11 Å². The monoisotopic (exact) mass is 198 g/mol. The number of hydrogen-bond acceptors (Lipinski definition) is 5. The molecule has 0 rings (SSSR count). The average molecular weight is 198 g/mol. The summed E-state index contributed by atoms with van der Waals surface area (Å²) in [5, 5.41) is 7.65. The Labute approximate surface area is 80.6 Å². The van der Waals surface area contributed by atoms with Crippen LogP contribution in [0, 0.1) is 0 Å². The third-order valence-corrected chi connectivity index (χ3v) is 0.653. The molecule has 0 aromatic rings. The first-order valence-electron chi connectivity index (χ1n) is 3.81. The van der Waals surface area contributed by atoms with Gasteiger partial charge in [0.1, 0.15) is 13.6 Å². The van der Waals surface area contributed by atoms with Gasteiger partial charge in [-0.2, -0.15) is 0 Å². The maximum atomic E-state index is 7.65. The first-order valence-corrected chi connectivity index (χ1v) is 3.81. The molecule has 0 atom stereocenters. The molecule has 0 unspecified atom stereocenters. The van der Waals surface area contributed by atoms with Gasteiger partial charge in [0.25, 0.3) is 0 Å². The molecular weight excluding hydrogens is 176 g/mol. The van der Waals surface area contributed by atoms with Crippen LogP contribution >= 0.6 is 0 Å². The molecule has 5 heteroatoms. The number of rotatable bonds is 4. The summed E-state index contributed by atoms with van der Waals surface area (Å²) in [6, 6.07) is 0. The first kappa shape index (κ1) is 18.6. The highest BCUT2D eigenvalue weighted by atomic mass is 16.6. The van der Waals surface area contributed by atoms with Crippen LogP contribution in [0.25, 0.3) is 0 Å². The van der Waals surface area contributed by atoms with Crippen molar-refractivity contribution in [3.8, 4) is 0 Å². The van der Waals surface area contributed by atoms with E-state index in [1.165, 1.54) is 7.11 Å². The standard InChI is InChI=1S/C3H8O2.C3H8O.C2H6O2/c1-4-3-5-2;1-3-4-2;1-4-2-3/h3H2,1-2H3;3H2,1-2H3;3H,2H2,1H3. The molecule has 0 heterocycles. The van der Waals surface area contributed by atoms with Crippen molar-refractivity contribution >= 4 is 0 Å². The Morgan fingerprint density at radius 1 is 0.846 bits per heavy atom. The minimum absolute atomic E-state index is 0.181. The lowest BCUT2D eigenvalue weighted by molar-refractivity contribution is -0.00272. The van der Waals surface area contributed by atoms with Gasteiger partial charge >= 0.3 is 0 Å². The largest absolute Gasteiger partial charge is 0.385 e. The van der Waals surface area contributed by atoms with Crippen molar-refractivity contribution in [1.29, 1.82) is 0 Å². The first-order chi connectivity index (χ1) is 6.24. The van der Waals surface area contributed by atoms with Crippen molar-refractivity contribution in [1.82, 2.24) is 0 Å². The Bertz CT molecular complexity index is 41.8. The van der Waals surface area contributed by atoms with Crippen LogP contribution in [0.2, 0.25) is 0 Å². The molecule has 0 aromatic heterocycles. The van der Waals surface area contributed by atoms with Crippen LogP contribution in [-0.4, -0.2) is 53.7 Å². The number of aliphatic hydroxyl groups is 1. The Balaban J connectivity index is -0.000000117. The molecule has 0 bridgehead atoms. The molecule has 0 aliphatic carbocycles. The van der Waals surface area contributed by atoms with Crippen LogP contribution in [0.1, 0.15) is 6.92 Å². The fourth-order valence-corrected chi connectivity index (χ4v) is 0.118. The van der Waals surface area contributed by atoms with Crippen molar-refractivity contribution in [3.63, 3.8) is 0 Å². The molecule has 13 heavy (non-hydrogen) atoms. The molecule has 1 N–H and O–H groups in total. The highest BCUT2D eigenvalue weighted by Crippen LogP contribution is 1.60. The lowest BCUT2D eigenvalue weighted by Crippen LogP contribution is -1.87. The van der Waals surface area contributed by atoms with Crippen molar-refractivity contribution in [2.45, 2.75) is 6.92 Å². The summed E-state index contributed by atoms with van der Waals surface area (Å²) in [6.45, 7) is 2.99. The molecule has 0 saturated heterocycles. The van der Waals surface area contributed by atoms with Gasteiger partial charge in [-0.05, 0) is 6.92 Å². The van der Waals surface area contributed by atoms with E-state index in [1.807, 2.05) is 6.92 Å². The van der Waals surface area contributed by atoms with Crippen molar-refractivity contribution in [3.05, 3.63) is 0 Å². The molecule has 84 valence electrons. The van der Waals surface area contributed by atoms with Gasteiger partial charge < -0.3 is 24.1 Å². The Morgan fingerprint density at radius 2 is 1.15 bits per heavy atom. The zero-order valence-electron chi connectivity index (χ0n) is 9.20. The molecule has 0 fully saturated rings. The zero-order chi connectivity index (χ0) is 10.9. The van der Waals surface area contributed by atoms with Gasteiger partial charge in [0.2, 0.25) is 0 Å². The minimum atomic E-state index is -0.181. The summed E-state index contributed by atoms with van der Waals surface area (Å²) in [6.07, 6.45) is 0. The SMILES string of the molecule is CCOC.COCO.COCOC. The summed E-state index contributed by atoms with van der Waals surface area (Å²) in [5.74, 6) is 0. The summed E-state index contributed by atoms with van der Waals surface area (Å²) >= 11 is 0. The Morgan fingerprint density at radius 3 is 1.15 bits per heavy atom. The van der Waals surface area contributed by atoms with Crippen LogP contribution in [0.3, 0.4) is 0 Å². The predicted molar refractivity (Wildman–Crippen MR) is 50.5 cm³/mol. The third kappa shape index (κ3) is 78.5. The van der Waals surface area contributed by atoms with E-state index in [9.17, 15) is 0 Å². The molecule has 0 radical (unpaired) electrons. The normalized spacial score (nSPS) is 7.85. The van der Waals surface area contributed by atoms with Crippen LogP contribution < -0.4 is 0 Å². The van der Waals surface area contributed by atoms with Gasteiger partial charge in [0.15, 0.2) is 0 Å². The topological polar surface area (TPSA) is 57.2 Å². The van der Waals surface area contributed by atoms with Crippen LogP contribution in [0.4, 0.5) is 0 Å². The van der Waals surface area contributed by atoms with E-state index in [2.05, 4.69) is 18.9 Å². The summed E-state index contributed by atoms with van der Waals surface area (Å²) in [7, 11) is 6.28. The number of hydrogen-bond donors (Lipinski definition) is 1. The van der Waals surface area contributed by atoms with E-state index in [-0.39, 0.29) is 6.79 Å². The van der Waals surface area contributed by atoms with Gasteiger partial charge in [-0.3, -0.25) is 0 Å². The second kappa shape index (κ2) is 29.8. The number of methoxy groups -OCH3 is 4. The lowest BCUT2D eigenvalue weighted by Gasteiger charge is -1.87. The molecule has 0 amide bonds. The van der Waals surface area contributed by atoms with E-state index in [0.717, 1.165) is 6.61 Å².